The first kappa shape index (κ1) is 36.0. The van der Waals surface area contributed by atoms with Crippen molar-refractivity contribution < 1.29 is 46.6 Å². The number of nitrogens with zero attached hydrogens (tertiary/aromatic N) is 2. The van der Waals surface area contributed by atoms with Crippen LogP contribution in [-0.4, -0.2) is 65.2 Å². The lowest BCUT2D eigenvalue weighted by atomic mass is 9.86. The molecule has 4 atom stereocenters. The molecule has 0 aliphatic carbocycles. The number of rotatable bonds is 11. The number of carbonyl (C=O) groups is 4. The highest BCUT2D eigenvalue weighted by Crippen LogP contribution is 2.42. The maximum Gasteiger partial charge on any atom is 0.416 e. The Morgan fingerprint density at radius 1 is 1.00 bits per heavy atom. The Bertz CT molecular complexity index is 1760. The van der Waals surface area contributed by atoms with Gasteiger partial charge in [-0.3, -0.25) is 19.3 Å². The van der Waals surface area contributed by atoms with E-state index in [2.05, 4.69) is 5.32 Å². The molecule has 3 aromatic rings. The highest BCUT2D eigenvalue weighted by molar-refractivity contribution is 5.97. The number of hydrogen-bond acceptors (Lipinski definition) is 7. The van der Waals surface area contributed by atoms with E-state index < -0.39 is 71.8 Å². The molecule has 2 saturated heterocycles. The number of halogens is 3. The number of likely N-dealkylation sites (tertiary alicyclic amines) is 1. The third-order valence-corrected chi connectivity index (χ3v) is 8.29. The van der Waals surface area contributed by atoms with Crippen molar-refractivity contribution in [2.24, 2.45) is 5.92 Å². The molecular weight excluding hydrogens is 655 g/mol. The number of methoxy groups -OCH3 is 1. The molecule has 0 bridgehead atoms. The number of benzene rings is 3. The van der Waals surface area contributed by atoms with Gasteiger partial charge in [-0.15, -0.1) is 0 Å². The van der Waals surface area contributed by atoms with E-state index in [0.29, 0.717) is 11.3 Å². The van der Waals surface area contributed by atoms with Gasteiger partial charge in [0.25, 0.3) is 0 Å². The first-order valence-electron chi connectivity index (χ1n) is 16.0. The largest absolute Gasteiger partial charge is 0.496 e. The summed E-state index contributed by atoms with van der Waals surface area (Å²) in [6.45, 7) is 4.59. The van der Waals surface area contributed by atoms with Crippen LogP contribution in [0.3, 0.4) is 0 Å². The number of alkyl halides is 3. The van der Waals surface area contributed by atoms with Gasteiger partial charge in [0.05, 0.1) is 31.1 Å². The van der Waals surface area contributed by atoms with Gasteiger partial charge in [0.15, 0.2) is 0 Å². The van der Waals surface area contributed by atoms with Gasteiger partial charge in [-0.1, -0.05) is 72.8 Å². The van der Waals surface area contributed by atoms with E-state index in [9.17, 15) is 32.3 Å². The fourth-order valence-electron chi connectivity index (χ4n) is 6.04. The number of para-hydroxylation sites is 1. The molecule has 2 heterocycles. The van der Waals surface area contributed by atoms with E-state index in [-0.39, 0.29) is 18.7 Å². The Morgan fingerprint density at radius 3 is 2.38 bits per heavy atom. The van der Waals surface area contributed by atoms with Gasteiger partial charge in [-0.05, 0) is 50.1 Å². The zero-order chi connectivity index (χ0) is 36.2. The molecule has 2 fully saturated rings. The number of nitrogens with one attached hydrogen (secondary N) is 1. The van der Waals surface area contributed by atoms with Gasteiger partial charge < -0.3 is 24.4 Å². The minimum Gasteiger partial charge on any atom is -0.496 e. The lowest BCUT2D eigenvalue weighted by Gasteiger charge is -2.53. The molecule has 10 nitrogen and oxygen atoms in total. The summed E-state index contributed by atoms with van der Waals surface area (Å²) in [5, 5.41) is 2.59. The second kappa shape index (κ2) is 14.7. The van der Waals surface area contributed by atoms with Crippen molar-refractivity contribution in [3.8, 4) is 5.75 Å². The lowest BCUT2D eigenvalue weighted by molar-refractivity contribution is -0.176. The predicted molar refractivity (Wildman–Crippen MR) is 176 cm³/mol. The zero-order valence-corrected chi connectivity index (χ0v) is 28.0. The molecule has 3 amide bonds. The molecule has 0 radical (unpaired) electrons. The average molecular weight is 694 g/mol. The lowest BCUT2D eigenvalue weighted by Crippen LogP contribution is -2.72. The molecule has 2 aliphatic rings. The predicted octanol–water partition coefficient (Wildman–Crippen LogP) is 6.12. The van der Waals surface area contributed by atoms with E-state index >= 15 is 0 Å². The summed E-state index contributed by atoms with van der Waals surface area (Å²) in [7, 11) is 1.51. The molecule has 264 valence electrons. The maximum atomic E-state index is 14.1. The van der Waals surface area contributed by atoms with Crippen molar-refractivity contribution in [2.75, 3.05) is 13.7 Å². The minimum absolute atomic E-state index is 0.0250. The summed E-state index contributed by atoms with van der Waals surface area (Å²) in [6, 6.07) is 18.5. The van der Waals surface area contributed by atoms with Crippen molar-refractivity contribution in [2.45, 2.75) is 63.8 Å². The number of β-lactam (4-membered cyclic amide) rings is 1. The molecule has 0 aromatic heterocycles. The number of hydrogen-bond donors (Lipinski definition) is 1. The maximum absolute atomic E-state index is 14.1. The van der Waals surface area contributed by atoms with Crippen molar-refractivity contribution in [1.82, 2.24) is 15.1 Å². The Morgan fingerprint density at radius 2 is 1.70 bits per heavy atom. The van der Waals surface area contributed by atoms with Crippen LogP contribution in [0.1, 0.15) is 55.5 Å². The smallest absolute Gasteiger partial charge is 0.416 e. The van der Waals surface area contributed by atoms with Crippen LogP contribution >= 0.6 is 0 Å². The summed E-state index contributed by atoms with van der Waals surface area (Å²) in [5.74, 6) is -2.59. The SMILES string of the molecule is COc1ccccc1C=C[C@@H]1C(=O)N([C@H](CC(=O)OC(C)(C)C)C(=O)NCc2cccc(C(F)(F)F)c2)[C@@H]1N1C(=O)OC[C@@H]1c1ccccc1. The quantitative estimate of drug-likeness (QED) is 0.190. The van der Waals surface area contributed by atoms with E-state index in [4.69, 9.17) is 14.2 Å². The molecule has 3 aromatic carbocycles. The highest BCUT2D eigenvalue weighted by Gasteiger charge is 2.58. The van der Waals surface area contributed by atoms with Crippen molar-refractivity contribution >= 4 is 30.0 Å². The van der Waals surface area contributed by atoms with Gasteiger partial charge in [-0.25, -0.2) is 4.79 Å². The summed E-state index contributed by atoms with van der Waals surface area (Å²) < 4.78 is 56.5. The Kier molecular flexibility index (Phi) is 10.5. The second-order valence-electron chi connectivity index (χ2n) is 12.9. The van der Waals surface area contributed by atoms with Crippen LogP contribution < -0.4 is 10.1 Å². The van der Waals surface area contributed by atoms with Gasteiger partial charge in [0.1, 0.15) is 30.2 Å². The van der Waals surface area contributed by atoms with Crippen LogP contribution in [-0.2, 0) is 36.6 Å². The molecule has 13 heteroatoms. The fraction of sp³-hybridized carbons (Fsp3) is 0.351. The molecule has 0 spiro atoms. The van der Waals surface area contributed by atoms with Crippen LogP contribution in [0.4, 0.5) is 18.0 Å². The van der Waals surface area contributed by atoms with E-state index in [1.54, 1.807) is 69.3 Å². The Hall–Kier alpha value is -5.33. The summed E-state index contributed by atoms with van der Waals surface area (Å²) in [4.78, 5) is 57.2. The molecule has 1 N–H and O–H groups in total. The summed E-state index contributed by atoms with van der Waals surface area (Å²) in [6.07, 6.45) is -3.70. The van der Waals surface area contributed by atoms with Crippen LogP contribution in [0.2, 0.25) is 0 Å². The standard InChI is InChI=1S/C37H38F3N3O7/c1-36(2,3)50-31(44)20-28(32(45)41-21-23-11-10-15-26(19-23)37(38,39)40)42-33(43-29(22-49-35(43)47)24-12-6-5-7-13-24)27(34(42)46)18-17-25-14-8-9-16-30(25)48-4/h5-19,27-29,33H,20-22H2,1-4H3,(H,41,45)/t27-,28+,29+,33+/m0/s1. The minimum atomic E-state index is -4.59. The van der Waals surface area contributed by atoms with Gasteiger partial charge >= 0.3 is 18.2 Å². The van der Waals surface area contributed by atoms with Crippen LogP contribution in [0, 0.1) is 5.92 Å². The number of amides is 3. The second-order valence-corrected chi connectivity index (χ2v) is 12.9. The first-order valence-corrected chi connectivity index (χ1v) is 16.0. The third kappa shape index (κ3) is 8.10. The number of ether oxygens (including phenoxy) is 3. The first-order chi connectivity index (χ1) is 23.7. The Labute approximate surface area is 287 Å². The molecule has 50 heavy (non-hydrogen) atoms. The van der Waals surface area contributed by atoms with Crippen molar-refractivity contribution in [1.29, 1.82) is 0 Å². The van der Waals surface area contributed by atoms with Crippen LogP contribution in [0.25, 0.3) is 6.08 Å². The van der Waals surface area contributed by atoms with E-state index in [1.807, 2.05) is 18.2 Å². The van der Waals surface area contributed by atoms with Crippen LogP contribution in [0.15, 0.2) is 84.9 Å². The molecule has 5 rings (SSSR count). The number of esters is 1. The number of carbonyl (C=O) groups excluding carboxylic acids is 4. The topological polar surface area (TPSA) is 114 Å². The fourth-order valence-corrected chi connectivity index (χ4v) is 6.04. The normalized spacial score (nSPS) is 19.9. The van der Waals surface area contributed by atoms with E-state index in [0.717, 1.165) is 22.6 Å². The molecule has 0 unspecified atom stereocenters. The third-order valence-electron chi connectivity index (χ3n) is 8.29. The molecule has 0 saturated carbocycles. The molecular formula is C37H38F3N3O7. The van der Waals surface area contributed by atoms with Gasteiger partial charge in [0.2, 0.25) is 11.8 Å². The van der Waals surface area contributed by atoms with E-state index in [1.165, 1.54) is 24.1 Å². The highest BCUT2D eigenvalue weighted by atomic mass is 19.4. The number of cyclic esters (lactones) is 1. The van der Waals surface area contributed by atoms with Crippen molar-refractivity contribution in [3.63, 3.8) is 0 Å². The average Bonchev–Trinajstić information content (AvgIpc) is 3.45. The van der Waals surface area contributed by atoms with Gasteiger partial charge in [0, 0.05) is 12.1 Å². The summed E-state index contributed by atoms with van der Waals surface area (Å²) in [5.41, 5.74) is -0.279. The molecule has 2 aliphatic heterocycles. The Balaban J connectivity index is 1.52. The van der Waals surface area contributed by atoms with Crippen molar-refractivity contribution in [3.05, 3.63) is 107 Å². The summed E-state index contributed by atoms with van der Waals surface area (Å²) >= 11 is 0. The van der Waals surface area contributed by atoms with Crippen LogP contribution in [0.5, 0.6) is 5.75 Å². The monoisotopic (exact) mass is 693 g/mol. The zero-order valence-electron chi connectivity index (χ0n) is 28.0. The van der Waals surface area contributed by atoms with Gasteiger partial charge in [-0.2, -0.15) is 13.2 Å².